The quantitative estimate of drug-likeness (QED) is 0.103. The van der Waals surface area contributed by atoms with E-state index < -0.39 is 0 Å². The molecule has 3 heterocycles. The highest BCUT2D eigenvalue weighted by atomic mass is 16.5. The molecule has 0 saturated carbocycles. The summed E-state index contributed by atoms with van der Waals surface area (Å²) in [5.74, 6) is -0.225. The second kappa shape index (κ2) is 14.6. The SMILES string of the molecule is CCCC1=C2[C@@H](CC/C(=C/c3ccc(O)c4ccccc34)c3ccccc3)OC[C@@H]2[C@@H]2C(=O)N(C3CCN(Cc4ccccc4)CC3)C(=O)[C@@H]2C1. The van der Waals surface area contributed by atoms with E-state index in [0.29, 0.717) is 13.0 Å². The Kier molecular flexibility index (Phi) is 9.63. The van der Waals surface area contributed by atoms with Gasteiger partial charge >= 0.3 is 0 Å². The van der Waals surface area contributed by atoms with Crippen molar-refractivity contribution in [2.45, 2.75) is 70.6 Å². The van der Waals surface area contributed by atoms with E-state index in [9.17, 15) is 14.7 Å². The molecule has 4 aromatic carbocycles. The highest BCUT2D eigenvalue weighted by Crippen LogP contribution is 2.51. The zero-order chi connectivity index (χ0) is 34.9. The highest BCUT2D eigenvalue weighted by Gasteiger charge is 2.58. The van der Waals surface area contributed by atoms with Crippen LogP contribution in [0.1, 0.15) is 68.6 Å². The normalized spacial score (nSPS) is 24.4. The lowest BCUT2D eigenvalue weighted by molar-refractivity contribution is -0.144. The molecule has 6 heteroatoms. The number of hydrogen-bond donors (Lipinski definition) is 1. The van der Waals surface area contributed by atoms with Crippen molar-refractivity contribution in [1.29, 1.82) is 0 Å². The number of rotatable bonds is 10. The van der Waals surface area contributed by atoms with Crippen molar-refractivity contribution in [2.24, 2.45) is 17.8 Å². The molecule has 2 amide bonds. The number of hydrogen-bond acceptors (Lipinski definition) is 5. The van der Waals surface area contributed by atoms with Crippen molar-refractivity contribution in [2.75, 3.05) is 19.7 Å². The molecule has 0 unspecified atom stereocenters. The summed E-state index contributed by atoms with van der Waals surface area (Å²) in [6, 6.07) is 32.8. The van der Waals surface area contributed by atoms with E-state index in [4.69, 9.17) is 4.74 Å². The second-order valence-electron chi connectivity index (χ2n) is 14.9. The van der Waals surface area contributed by atoms with Crippen molar-refractivity contribution in [1.82, 2.24) is 9.80 Å². The first-order valence-electron chi connectivity index (χ1n) is 18.9. The number of carbonyl (C=O) groups is 2. The van der Waals surface area contributed by atoms with Crippen LogP contribution < -0.4 is 0 Å². The van der Waals surface area contributed by atoms with Crippen LogP contribution in [0.2, 0.25) is 0 Å². The molecular weight excluding hydrogens is 633 g/mol. The molecule has 6 nitrogen and oxygen atoms in total. The van der Waals surface area contributed by atoms with Gasteiger partial charge in [-0.1, -0.05) is 116 Å². The first-order valence-corrected chi connectivity index (χ1v) is 18.9. The van der Waals surface area contributed by atoms with Crippen molar-refractivity contribution < 1.29 is 19.4 Å². The van der Waals surface area contributed by atoms with Crippen LogP contribution in [-0.2, 0) is 20.9 Å². The lowest BCUT2D eigenvalue weighted by Crippen LogP contribution is -2.47. The van der Waals surface area contributed by atoms with Gasteiger partial charge in [0.05, 0.1) is 24.5 Å². The van der Waals surface area contributed by atoms with E-state index in [1.165, 1.54) is 22.3 Å². The monoisotopic (exact) mass is 680 g/mol. The molecular formula is C45H48N2O4. The van der Waals surface area contributed by atoms with Gasteiger partial charge in [-0.2, -0.15) is 0 Å². The molecule has 0 aromatic heterocycles. The Morgan fingerprint density at radius 3 is 2.29 bits per heavy atom. The molecule has 0 spiro atoms. The third kappa shape index (κ3) is 6.56. The summed E-state index contributed by atoms with van der Waals surface area (Å²) < 4.78 is 6.64. The van der Waals surface area contributed by atoms with Crippen molar-refractivity contribution in [3.63, 3.8) is 0 Å². The van der Waals surface area contributed by atoms with Gasteiger partial charge in [-0.3, -0.25) is 19.4 Å². The number of piperidine rings is 1. The number of phenols is 1. The molecule has 1 aliphatic carbocycles. The van der Waals surface area contributed by atoms with Crippen LogP contribution >= 0.6 is 0 Å². The van der Waals surface area contributed by atoms with E-state index in [1.807, 2.05) is 36.4 Å². The maximum Gasteiger partial charge on any atom is 0.234 e. The van der Waals surface area contributed by atoms with E-state index in [2.05, 4.69) is 72.5 Å². The minimum absolute atomic E-state index is 0.0200. The predicted octanol–water partition coefficient (Wildman–Crippen LogP) is 8.65. The third-order valence-electron chi connectivity index (χ3n) is 11.9. The smallest absolute Gasteiger partial charge is 0.234 e. The van der Waals surface area contributed by atoms with Crippen molar-refractivity contribution in [3.05, 3.63) is 125 Å². The number of likely N-dealkylation sites (tertiary alicyclic amines) is 2. The molecule has 3 aliphatic heterocycles. The van der Waals surface area contributed by atoms with Gasteiger partial charge in [-0.25, -0.2) is 0 Å². The summed E-state index contributed by atoms with van der Waals surface area (Å²) in [5, 5.41) is 12.4. The van der Waals surface area contributed by atoms with Gasteiger partial charge in [0.25, 0.3) is 0 Å². The number of allylic oxidation sites excluding steroid dienone is 2. The van der Waals surface area contributed by atoms with E-state index in [-0.39, 0.29) is 47.5 Å². The number of fused-ring (bicyclic) bond motifs is 4. The van der Waals surface area contributed by atoms with Crippen LogP contribution in [0.4, 0.5) is 0 Å². The number of imide groups is 1. The molecule has 0 radical (unpaired) electrons. The molecule has 0 bridgehead atoms. The molecule has 51 heavy (non-hydrogen) atoms. The molecule has 4 aromatic rings. The third-order valence-corrected chi connectivity index (χ3v) is 11.9. The fraction of sp³-hybridized carbons (Fsp3) is 0.378. The van der Waals surface area contributed by atoms with Gasteiger partial charge in [-0.05, 0) is 77.8 Å². The van der Waals surface area contributed by atoms with Crippen LogP contribution in [0.25, 0.3) is 22.4 Å². The first-order chi connectivity index (χ1) is 25.0. The van der Waals surface area contributed by atoms with Crippen molar-refractivity contribution in [3.8, 4) is 5.75 Å². The van der Waals surface area contributed by atoms with Crippen LogP contribution in [0.5, 0.6) is 5.75 Å². The van der Waals surface area contributed by atoms with Crippen LogP contribution in [-0.4, -0.2) is 58.6 Å². The number of carbonyl (C=O) groups excluding carboxylic acids is 2. The Bertz CT molecular complexity index is 1960. The Balaban J connectivity index is 1.01. The maximum absolute atomic E-state index is 14.3. The minimum atomic E-state index is -0.312. The minimum Gasteiger partial charge on any atom is -0.507 e. The fourth-order valence-electron chi connectivity index (χ4n) is 9.43. The number of amides is 2. The topological polar surface area (TPSA) is 70.1 Å². The van der Waals surface area contributed by atoms with Gasteiger partial charge in [0.1, 0.15) is 5.75 Å². The van der Waals surface area contributed by atoms with E-state index >= 15 is 0 Å². The molecule has 4 atom stereocenters. The summed E-state index contributed by atoms with van der Waals surface area (Å²) in [6.07, 6.45) is 8.08. The Morgan fingerprint density at radius 1 is 0.843 bits per heavy atom. The molecule has 3 fully saturated rings. The van der Waals surface area contributed by atoms with Crippen LogP contribution in [0.15, 0.2) is 108 Å². The van der Waals surface area contributed by atoms with Crippen LogP contribution in [0.3, 0.4) is 0 Å². The molecule has 262 valence electrons. The van der Waals surface area contributed by atoms with Gasteiger partial charge in [-0.15, -0.1) is 0 Å². The average molecular weight is 681 g/mol. The van der Waals surface area contributed by atoms with E-state index in [0.717, 1.165) is 80.1 Å². The predicted molar refractivity (Wildman–Crippen MR) is 203 cm³/mol. The summed E-state index contributed by atoms with van der Waals surface area (Å²) in [5.41, 5.74) is 7.40. The van der Waals surface area contributed by atoms with Gasteiger partial charge in [0.2, 0.25) is 11.8 Å². The lowest BCUT2D eigenvalue weighted by atomic mass is 9.68. The average Bonchev–Trinajstić information content (AvgIpc) is 3.70. The zero-order valence-corrected chi connectivity index (χ0v) is 29.5. The molecule has 3 saturated heterocycles. The maximum atomic E-state index is 14.3. The summed E-state index contributed by atoms with van der Waals surface area (Å²) >= 11 is 0. The largest absolute Gasteiger partial charge is 0.507 e. The number of phenolic OH excluding ortho intramolecular Hbond substituents is 1. The molecule has 1 N–H and O–H groups in total. The van der Waals surface area contributed by atoms with Gasteiger partial charge in [0.15, 0.2) is 0 Å². The Hall–Kier alpha value is -4.52. The fourth-order valence-corrected chi connectivity index (χ4v) is 9.43. The number of aromatic hydroxyl groups is 1. The molecule has 8 rings (SSSR count). The number of benzene rings is 4. The van der Waals surface area contributed by atoms with Crippen molar-refractivity contribution >= 4 is 34.2 Å². The zero-order valence-electron chi connectivity index (χ0n) is 29.5. The summed E-state index contributed by atoms with van der Waals surface area (Å²) in [4.78, 5) is 32.6. The number of ether oxygens (including phenoxy) is 1. The first kappa shape index (κ1) is 33.6. The standard InChI is InChI=1S/C45H48N2O4/c1-2-11-34-27-38-43(45(50)47(44(38)49)35-22-24-46(25-23-35)28-30-12-5-3-6-13-30)39-29-51-41(42(34)39)21-19-32(31-14-7-4-8-15-31)26-33-18-20-40(48)37-17-10-9-16-36(33)37/h3-10,12-18,20,26,35,38-39,41,43,48H,2,11,19,21-25,27-29H2,1H3/b32-26-/t38-,39+,41-,43-/m1/s1. The highest BCUT2D eigenvalue weighted by molar-refractivity contribution is 6.06. The van der Waals surface area contributed by atoms with Gasteiger partial charge in [0, 0.05) is 37.0 Å². The summed E-state index contributed by atoms with van der Waals surface area (Å²) in [6.45, 7) is 5.39. The lowest BCUT2D eigenvalue weighted by Gasteiger charge is -2.36. The summed E-state index contributed by atoms with van der Waals surface area (Å²) in [7, 11) is 0. The van der Waals surface area contributed by atoms with E-state index in [1.54, 1.807) is 11.0 Å². The number of nitrogens with zero attached hydrogens (tertiary/aromatic N) is 2. The molecule has 4 aliphatic rings. The second-order valence-corrected chi connectivity index (χ2v) is 14.9. The van der Waals surface area contributed by atoms with Gasteiger partial charge < -0.3 is 9.84 Å². The Labute approximate surface area is 301 Å². The Morgan fingerprint density at radius 2 is 1.55 bits per heavy atom. The van der Waals surface area contributed by atoms with Crippen LogP contribution in [0, 0.1) is 17.8 Å².